The van der Waals surface area contributed by atoms with Gasteiger partial charge in [-0.2, -0.15) is 4.91 Å². The Labute approximate surface area is 95.4 Å². The highest BCUT2D eigenvalue weighted by atomic mass is 16.7. The molecule has 5 heteroatoms. The van der Waals surface area contributed by atoms with E-state index in [-0.39, 0.29) is 18.4 Å². The van der Waals surface area contributed by atoms with Crippen LogP contribution < -0.4 is 0 Å². The van der Waals surface area contributed by atoms with E-state index in [9.17, 15) is 4.91 Å². The van der Waals surface area contributed by atoms with Crippen LogP contribution in [-0.4, -0.2) is 38.3 Å². The van der Waals surface area contributed by atoms with Gasteiger partial charge in [0.1, 0.15) is 6.04 Å². The molecule has 0 aromatic rings. The quantitative estimate of drug-likeness (QED) is 0.691. The van der Waals surface area contributed by atoms with Gasteiger partial charge in [0.2, 0.25) is 0 Å². The molecule has 0 bridgehead atoms. The van der Waals surface area contributed by atoms with Gasteiger partial charge in [-0.05, 0) is 12.3 Å². The normalized spacial score (nSPS) is 40.6. The van der Waals surface area contributed by atoms with Crippen LogP contribution in [0.4, 0.5) is 0 Å². The minimum absolute atomic E-state index is 0.0493. The first-order valence-electron chi connectivity index (χ1n) is 5.95. The van der Waals surface area contributed by atoms with Crippen molar-refractivity contribution in [1.29, 1.82) is 0 Å². The SMILES string of the molecule is C[C@H]1CCO[C@@H](O[C@H]2COC[C@@H](N=O)C2)C1. The lowest BCUT2D eigenvalue weighted by molar-refractivity contribution is -0.214. The predicted octanol–water partition coefficient (Wildman–Crippen LogP) is 1.70. The van der Waals surface area contributed by atoms with Crippen molar-refractivity contribution in [3.63, 3.8) is 0 Å². The molecule has 4 atom stereocenters. The number of ether oxygens (including phenoxy) is 3. The second kappa shape index (κ2) is 5.70. The van der Waals surface area contributed by atoms with Crippen LogP contribution in [0.2, 0.25) is 0 Å². The van der Waals surface area contributed by atoms with E-state index in [2.05, 4.69) is 12.1 Å². The van der Waals surface area contributed by atoms with E-state index in [0.29, 0.717) is 25.6 Å². The summed E-state index contributed by atoms with van der Waals surface area (Å²) in [7, 11) is 0. The average Bonchev–Trinajstić information content (AvgIpc) is 2.29. The number of nitroso groups, excluding NO2 is 1. The van der Waals surface area contributed by atoms with Gasteiger partial charge in [0.05, 0.1) is 19.3 Å². The van der Waals surface area contributed by atoms with Crippen LogP contribution in [0.5, 0.6) is 0 Å². The summed E-state index contributed by atoms with van der Waals surface area (Å²) in [5.74, 6) is 0.642. The molecule has 92 valence electrons. The molecule has 16 heavy (non-hydrogen) atoms. The fourth-order valence-electron chi connectivity index (χ4n) is 2.17. The summed E-state index contributed by atoms with van der Waals surface area (Å²) in [6, 6.07) is -0.264. The molecule has 5 nitrogen and oxygen atoms in total. The van der Waals surface area contributed by atoms with Crippen molar-refractivity contribution in [2.45, 2.75) is 44.6 Å². The minimum atomic E-state index is -0.264. The molecular formula is C11H19NO4. The van der Waals surface area contributed by atoms with Gasteiger partial charge in [-0.25, -0.2) is 0 Å². The Hall–Kier alpha value is -0.520. The standard InChI is InChI=1S/C11H19NO4/c1-8-2-3-15-11(4-8)16-10-5-9(12-13)6-14-7-10/h8-11H,2-7H2,1H3/t8-,9-,10+,11-/m0/s1. The molecule has 0 saturated carbocycles. The Bertz CT molecular complexity index is 236. The van der Waals surface area contributed by atoms with Crippen molar-refractivity contribution in [2.24, 2.45) is 11.1 Å². The van der Waals surface area contributed by atoms with Crippen molar-refractivity contribution >= 4 is 0 Å². The monoisotopic (exact) mass is 229 g/mol. The van der Waals surface area contributed by atoms with Crippen molar-refractivity contribution in [3.8, 4) is 0 Å². The minimum Gasteiger partial charge on any atom is -0.376 e. The fraction of sp³-hybridized carbons (Fsp3) is 1.00. The number of nitrogens with zero attached hydrogens (tertiary/aromatic N) is 1. The third-order valence-electron chi connectivity index (χ3n) is 3.15. The number of rotatable bonds is 3. The topological polar surface area (TPSA) is 57.1 Å². The molecule has 0 unspecified atom stereocenters. The fourth-order valence-corrected chi connectivity index (χ4v) is 2.17. The van der Waals surface area contributed by atoms with Crippen molar-refractivity contribution in [3.05, 3.63) is 4.91 Å². The van der Waals surface area contributed by atoms with Crippen molar-refractivity contribution in [1.82, 2.24) is 0 Å². The molecule has 2 aliphatic heterocycles. The summed E-state index contributed by atoms with van der Waals surface area (Å²) in [5, 5.41) is 3.01. The van der Waals surface area contributed by atoms with E-state index in [1.54, 1.807) is 0 Å². The lowest BCUT2D eigenvalue weighted by Crippen LogP contribution is -2.38. The zero-order valence-electron chi connectivity index (χ0n) is 9.63. The lowest BCUT2D eigenvalue weighted by Gasteiger charge is -2.33. The molecule has 0 spiro atoms. The van der Waals surface area contributed by atoms with Crippen LogP contribution in [0.3, 0.4) is 0 Å². The largest absolute Gasteiger partial charge is 0.376 e. The summed E-state index contributed by atoms with van der Waals surface area (Å²) in [5.41, 5.74) is 0. The maximum absolute atomic E-state index is 10.4. The Morgan fingerprint density at radius 1 is 1.31 bits per heavy atom. The molecule has 0 aliphatic carbocycles. The molecular weight excluding hydrogens is 210 g/mol. The van der Waals surface area contributed by atoms with E-state index in [4.69, 9.17) is 14.2 Å². The molecule has 0 aromatic carbocycles. The van der Waals surface area contributed by atoms with Crippen LogP contribution >= 0.6 is 0 Å². The molecule has 0 radical (unpaired) electrons. The van der Waals surface area contributed by atoms with Crippen molar-refractivity contribution in [2.75, 3.05) is 19.8 Å². The molecule has 0 amide bonds. The van der Waals surface area contributed by atoms with Crippen LogP contribution in [0.1, 0.15) is 26.2 Å². The summed E-state index contributed by atoms with van der Waals surface area (Å²) in [6.45, 7) is 3.92. The average molecular weight is 229 g/mol. The highest BCUT2D eigenvalue weighted by molar-refractivity contribution is 4.76. The highest BCUT2D eigenvalue weighted by Gasteiger charge is 2.28. The van der Waals surface area contributed by atoms with Crippen LogP contribution in [0.15, 0.2) is 5.18 Å². The number of hydrogen-bond acceptors (Lipinski definition) is 5. The van der Waals surface area contributed by atoms with Gasteiger partial charge in [0.15, 0.2) is 6.29 Å². The van der Waals surface area contributed by atoms with Gasteiger partial charge in [0.25, 0.3) is 0 Å². The molecule has 2 aliphatic rings. The Morgan fingerprint density at radius 2 is 2.19 bits per heavy atom. The van der Waals surface area contributed by atoms with Gasteiger partial charge in [-0.1, -0.05) is 12.1 Å². The summed E-state index contributed by atoms with van der Waals surface area (Å²) in [6.07, 6.45) is 2.49. The van der Waals surface area contributed by atoms with Crippen LogP contribution in [-0.2, 0) is 14.2 Å². The zero-order valence-corrected chi connectivity index (χ0v) is 9.63. The summed E-state index contributed by atoms with van der Waals surface area (Å²) < 4.78 is 16.6. The van der Waals surface area contributed by atoms with Gasteiger partial charge in [-0.15, -0.1) is 0 Å². The third kappa shape index (κ3) is 3.23. The Kier molecular flexibility index (Phi) is 4.26. The predicted molar refractivity (Wildman–Crippen MR) is 58.0 cm³/mol. The molecule has 2 fully saturated rings. The van der Waals surface area contributed by atoms with Gasteiger partial charge >= 0.3 is 0 Å². The second-order valence-electron chi connectivity index (χ2n) is 4.72. The van der Waals surface area contributed by atoms with Gasteiger partial charge in [-0.3, -0.25) is 0 Å². The van der Waals surface area contributed by atoms with E-state index in [1.807, 2.05) is 0 Å². The maximum atomic E-state index is 10.4. The maximum Gasteiger partial charge on any atom is 0.158 e. The number of hydrogen-bond donors (Lipinski definition) is 0. The lowest BCUT2D eigenvalue weighted by atomic mass is 10.0. The van der Waals surface area contributed by atoms with Gasteiger partial charge < -0.3 is 14.2 Å². The smallest absolute Gasteiger partial charge is 0.158 e. The molecule has 2 saturated heterocycles. The zero-order chi connectivity index (χ0) is 11.4. The highest BCUT2D eigenvalue weighted by Crippen LogP contribution is 2.23. The molecule has 2 heterocycles. The van der Waals surface area contributed by atoms with E-state index in [0.717, 1.165) is 19.4 Å². The first-order valence-corrected chi connectivity index (χ1v) is 5.95. The first-order chi connectivity index (χ1) is 7.78. The van der Waals surface area contributed by atoms with Crippen LogP contribution in [0.25, 0.3) is 0 Å². The summed E-state index contributed by atoms with van der Waals surface area (Å²) in [4.78, 5) is 10.4. The first kappa shape index (κ1) is 12.0. The van der Waals surface area contributed by atoms with E-state index < -0.39 is 0 Å². The third-order valence-corrected chi connectivity index (χ3v) is 3.15. The molecule has 0 N–H and O–H groups in total. The molecule has 2 rings (SSSR count). The summed E-state index contributed by atoms with van der Waals surface area (Å²) >= 11 is 0. The van der Waals surface area contributed by atoms with E-state index >= 15 is 0 Å². The van der Waals surface area contributed by atoms with Crippen LogP contribution in [0, 0.1) is 10.8 Å². The van der Waals surface area contributed by atoms with Gasteiger partial charge in [0, 0.05) is 19.4 Å². The second-order valence-corrected chi connectivity index (χ2v) is 4.72. The Balaban J connectivity index is 1.77. The van der Waals surface area contributed by atoms with E-state index in [1.165, 1.54) is 0 Å². The molecule has 0 aromatic heterocycles. The van der Waals surface area contributed by atoms with Crippen molar-refractivity contribution < 1.29 is 14.2 Å². The Morgan fingerprint density at radius 3 is 2.94 bits per heavy atom.